The molecule has 0 saturated carbocycles. The van der Waals surface area contributed by atoms with Crippen LogP contribution in [0.2, 0.25) is 0 Å². The minimum Gasteiger partial charge on any atom is -0.496 e. The van der Waals surface area contributed by atoms with E-state index in [4.69, 9.17) is 9.47 Å². The van der Waals surface area contributed by atoms with Crippen molar-refractivity contribution in [3.8, 4) is 5.75 Å². The smallest absolute Gasteiger partial charge is 0.343 e. The predicted octanol–water partition coefficient (Wildman–Crippen LogP) is 4.28. The van der Waals surface area contributed by atoms with Crippen LogP contribution in [0.15, 0.2) is 60.7 Å². The Labute approximate surface area is 134 Å². The normalized spacial score (nSPS) is 19.5. The fourth-order valence-electron chi connectivity index (χ4n) is 3.44. The lowest BCUT2D eigenvalue weighted by Crippen LogP contribution is -2.23. The van der Waals surface area contributed by atoms with Crippen molar-refractivity contribution in [2.75, 3.05) is 7.11 Å². The molecule has 3 nitrogen and oxygen atoms in total. The van der Waals surface area contributed by atoms with E-state index in [1.165, 1.54) is 0 Å². The standard InChI is InChI=1S/C20H16O3/c1-20(15-10-5-8-13-7-3-4-9-14(13)15)16-11-6-12-17(22-2)18(16)19(21)23-20/h3-12H,1-2H3. The molecule has 1 atom stereocenters. The lowest BCUT2D eigenvalue weighted by atomic mass is 9.84. The average Bonchev–Trinajstić information content (AvgIpc) is 2.86. The van der Waals surface area contributed by atoms with Gasteiger partial charge in [-0.1, -0.05) is 54.6 Å². The SMILES string of the molecule is COc1cccc2c1C(=O)OC2(C)c1cccc2ccccc12. The Morgan fingerprint density at radius 3 is 2.43 bits per heavy atom. The van der Waals surface area contributed by atoms with E-state index in [1.807, 2.05) is 43.3 Å². The van der Waals surface area contributed by atoms with Gasteiger partial charge in [-0.15, -0.1) is 0 Å². The number of benzene rings is 3. The van der Waals surface area contributed by atoms with E-state index in [1.54, 1.807) is 13.2 Å². The summed E-state index contributed by atoms with van der Waals surface area (Å²) in [6.07, 6.45) is 0. The van der Waals surface area contributed by atoms with Gasteiger partial charge < -0.3 is 9.47 Å². The van der Waals surface area contributed by atoms with Gasteiger partial charge in [-0.05, 0) is 23.8 Å². The van der Waals surface area contributed by atoms with Crippen LogP contribution < -0.4 is 4.74 Å². The molecule has 1 heterocycles. The number of carbonyl (C=O) groups is 1. The summed E-state index contributed by atoms with van der Waals surface area (Å²) in [7, 11) is 1.57. The molecule has 0 amide bonds. The number of hydrogen-bond donors (Lipinski definition) is 0. The second kappa shape index (κ2) is 4.85. The summed E-state index contributed by atoms with van der Waals surface area (Å²) < 4.78 is 11.2. The third-order valence-electron chi connectivity index (χ3n) is 4.56. The number of carbonyl (C=O) groups excluding carboxylic acids is 1. The summed E-state index contributed by atoms with van der Waals surface area (Å²) >= 11 is 0. The van der Waals surface area contributed by atoms with Gasteiger partial charge in [0.15, 0.2) is 5.60 Å². The second-order valence-electron chi connectivity index (χ2n) is 5.83. The topological polar surface area (TPSA) is 35.5 Å². The lowest BCUT2D eigenvalue weighted by Gasteiger charge is -2.26. The van der Waals surface area contributed by atoms with Crippen molar-refractivity contribution in [3.63, 3.8) is 0 Å². The van der Waals surface area contributed by atoms with Gasteiger partial charge in [-0.25, -0.2) is 4.79 Å². The van der Waals surface area contributed by atoms with E-state index in [9.17, 15) is 4.79 Å². The van der Waals surface area contributed by atoms with Crippen molar-refractivity contribution >= 4 is 16.7 Å². The molecular weight excluding hydrogens is 288 g/mol. The Kier molecular flexibility index (Phi) is 2.91. The van der Waals surface area contributed by atoms with Crippen LogP contribution >= 0.6 is 0 Å². The second-order valence-corrected chi connectivity index (χ2v) is 5.83. The maximum Gasteiger partial charge on any atom is 0.343 e. The highest BCUT2D eigenvalue weighted by molar-refractivity contribution is 5.99. The van der Waals surface area contributed by atoms with Crippen molar-refractivity contribution in [2.24, 2.45) is 0 Å². The molecule has 3 aromatic rings. The summed E-state index contributed by atoms with van der Waals surface area (Å²) in [5, 5.41) is 2.21. The molecule has 114 valence electrons. The zero-order valence-electron chi connectivity index (χ0n) is 13.0. The quantitative estimate of drug-likeness (QED) is 0.663. The summed E-state index contributed by atoms with van der Waals surface area (Å²) in [5.41, 5.74) is 1.53. The monoisotopic (exact) mass is 304 g/mol. The highest BCUT2D eigenvalue weighted by atomic mass is 16.6. The van der Waals surface area contributed by atoms with Crippen molar-refractivity contribution < 1.29 is 14.3 Å². The summed E-state index contributed by atoms with van der Waals surface area (Å²) in [5.74, 6) is 0.212. The number of ether oxygens (including phenoxy) is 2. The lowest BCUT2D eigenvalue weighted by molar-refractivity contribution is 0.0184. The van der Waals surface area contributed by atoms with Crippen LogP contribution in [0.1, 0.15) is 28.4 Å². The highest BCUT2D eigenvalue weighted by Gasteiger charge is 2.45. The number of methoxy groups -OCH3 is 1. The first-order chi connectivity index (χ1) is 11.1. The first kappa shape index (κ1) is 13.8. The Balaban J connectivity index is 2.02. The number of rotatable bonds is 2. The van der Waals surface area contributed by atoms with E-state index in [-0.39, 0.29) is 5.97 Å². The molecule has 1 aliphatic heterocycles. The van der Waals surface area contributed by atoms with Gasteiger partial charge >= 0.3 is 5.97 Å². The van der Waals surface area contributed by atoms with Crippen molar-refractivity contribution in [1.29, 1.82) is 0 Å². The maximum absolute atomic E-state index is 12.5. The first-order valence-corrected chi connectivity index (χ1v) is 7.54. The zero-order chi connectivity index (χ0) is 16.0. The van der Waals surface area contributed by atoms with Gasteiger partial charge in [0.05, 0.1) is 7.11 Å². The number of cyclic esters (lactones) is 1. The van der Waals surface area contributed by atoms with E-state index in [0.29, 0.717) is 11.3 Å². The largest absolute Gasteiger partial charge is 0.496 e. The van der Waals surface area contributed by atoms with Gasteiger partial charge in [0.25, 0.3) is 0 Å². The van der Waals surface area contributed by atoms with Gasteiger partial charge in [-0.2, -0.15) is 0 Å². The number of hydrogen-bond acceptors (Lipinski definition) is 3. The summed E-state index contributed by atoms with van der Waals surface area (Å²) in [6.45, 7) is 1.94. The molecule has 0 saturated heterocycles. The minimum atomic E-state index is -0.818. The third kappa shape index (κ3) is 1.86. The molecular formula is C20H16O3. The minimum absolute atomic E-state index is 0.340. The van der Waals surface area contributed by atoms with Crippen LogP contribution in [0.3, 0.4) is 0 Å². The molecule has 3 aromatic carbocycles. The van der Waals surface area contributed by atoms with Crippen molar-refractivity contribution in [1.82, 2.24) is 0 Å². The maximum atomic E-state index is 12.5. The average molecular weight is 304 g/mol. The van der Waals surface area contributed by atoms with E-state index in [2.05, 4.69) is 18.2 Å². The van der Waals surface area contributed by atoms with Gasteiger partial charge in [0.1, 0.15) is 11.3 Å². The molecule has 0 aromatic heterocycles. The molecule has 3 heteroatoms. The van der Waals surface area contributed by atoms with Crippen LogP contribution in [0, 0.1) is 0 Å². The molecule has 0 radical (unpaired) electrons. The van der Waals surface area contributed by atoms with E-state index in [0.717, 1.165) is 21.9 Å². The molecule has 23 heavy (non-hydrogen) atoms. The molecule has 0 N–H and O–H groups in total. The Bertz CT molecular complexity index is 924. The molecule has 4 rings (SSSR count). The number of fused-ring (bicyclic) bond motifs is 2. The zero-order valence-corrected chi connectivity index (χ0v) is 13.0. The molecule has 0 spiro atoms. The van der Waals surface area contributed by atoms with Crippen molar-refractivity contribution in [3.05, 3.63) is 77.4 Å². The van der Waals surface area contributed by atoms with Crippen molar-refractivity contribution in [2.45, 2.75) is 12.5 Å². The fourth-order valence-corrected chi connectivity index (χ4v) is 3.44. The predicted molar refractivity (Wildman–Crippen MR) is 88.8 cm³/mol. The molecule has 1 aliphatic rings. The molecule has 0 bridgehead atoms. The van der Waals surface area contributed by atoms with E-state index >= 15 is 0 Å². The molecule has 0 fully saturated rings. The highest BCUT2D eigenvalue weighted by Crippen LogP contribution is 2.46. The fraction of sp³-hybridized carbons (Fsp3) is 0.150. The van der Waals surface area contributed by atoms with Crippen LogP contribution in [0.4, 0.5) is 0 Å². The van der Waals surface area contributed by atoms with Gasteiger partial charge in [-0.3, -0.25) is 0 Å². The molecule has 1 unspecified atom stereocenters. The number of esters is 1. The van der Waals surface area contributed by atoms with Crippen LogP contribution in [0.5, 0.6) is 5.75 Å². The van der Waals surface area contributed by atoms with Gasteiger partial charge in [0, 0.05) is 11.1 Å². The molecule has 0 aliphatic carbocycles. The van der Waals surface area contributed by atoms with Crippen LogP contribution in [-0.2, 0) is 10.3 Å². The Hall–Kier alpha value is -2.81. The van der Waals surface area contributed by atoms with Crippen LogP contribution in [-0.4, -0.2) is 13.1 Å². The van der Waals surface area contributed by atoms with Crippen LogP contribution in [0.25, 0.3) is 10.8 Å². The van der Waals surface area contributed by atoms with E-state index < -0.39 is 5.60 Å². The summed E-state index contributed by atoms with van der Waals surface area (Å²) in [6, 6.07) is 19.8. The third-order valence-corrected chi connectivity index (χ3v) is 4.56. The summed E-state index contributed by atoms with van der Waals surface area (Å²) in [4.78, 5) is 12.5. The Morgan fingerprint density at radius 1 is 0.913 bits per heavy atom. The first-order valence-electron chi connectivity index (χ1n) is 7.54. The van der Waals surface area contributed by atoms with Gasteiger partial charge in [0.2, 0.25) is 0 Å². The Morgan fingerprint density at radius 2 is 1.61 bits per heavy atom.